The molecular formula is C17H14INO3. The number of ether oxygens (including phenoxy) is 2. The Morgan fingerprint density at radius 1 is 1.09 bits per heavy atom. The minimum absolute atomic E-state index is 0.120. The Kier molecular flexibility index (Phi) is 4.06. The Balaban J connectivity index is 2.18. The van der Waals surface area contributed by atoms with Crippen LogP contribution in [-0.2, 0) is 4.79 Å². The van der Waals surface area contributed by atoms with Crippen LogP contribution in [0.25, 0.3) is 11.6 Å². The van der Waals surface area contributed by atoms with Crippen LogP contribution in [-0.4, -0.2) is 20.1 Å². The molecule has 0 unspecified atom stereocenters. The van der Waals surface area contributed by atoms with Gasteiger partial charge >= 0.3 is 0 Å². The molecule has 0 aliphatic carbocycles. The highest BCUT2D eigenvalue weighted by molar-refractivity contribution is 14.1. The van der Waals surface area contributed by atoms with E-state index in [0.717, 1.165) is 20.4 Å². The van der Waals surface area contributed by atoms with Crippen LogP contribution in [0.2, 0.25) is 0 Å². The highest BCUT2D eigenvalue weighted by atomic mass is 127. The van der Waals surface area contributed by atoms with Gasteiger partial charge < -0.3 is 14.8 Å². The molecule has 0 bridgehead atoms. The minimum Gasteiger partial charge on any atom is -0.496 e. The summed E-state index contributed by atoms with van der Waals surface area (Å²) in [5.41, 5.74) is 3.08. The maximum Gasteiger partial charge on any atom is 0.256 e. The molecule has 2 aromatic rings. The Bertz CT molecular complexity index is 761. The number of halogens is 1. The molecule has 112 valence electrons. The van der Waals surface area contributed by atoms with Crippen molar-refractivity contribution in [1.82, 2.24) is 0 Å². The van der Waals surface area contributed by atoms with Crippen molar-refractivity contribution in [1.29, 1.82) is 0 Å². The summed E-state index contributed by atoms with van der Waals surface area (Å²) in [5, 5.41) is 2.88. The average Bonchev–Trinajstić information content (AvgIpc) is 2.83. The molecule has 0 fully saturated rings. The lowest BCUT2D eigenvalue weighted by Gasteiger charge is -2.10. The Hall–Kier alpha value is -2.02. The van der Waals surface area contributed by atoms with Gasteiger partial charge in [0.2, 0.25) is 0 Å². The summed E-state index contributed by atoms with van der Waals surface area (Å²) in [4.78, 5) is 12.3. The van der Waals surface area contributed by atoms with Crippen molar-refractivity contribution >= 4 is 45.8 Å². The van der Waals surface area contributed by atoms with Crippen molar-refractivity contribution in [3.8, 4) is 11.5 Å². The predicted molar refractivity (Wildman–Crippen MR) is 95.2 cm³/mol. The first-order chi connectivity index (χ1) is 10.6. The first kappa shape index (κ1) is 14.9. The predicted octanol–water partition coefficient (Wildman–Crippen LogP) is 3.80. The van der Waals surface area contributed by atoms with Gasteiger partial charge in [-0.15, -0.1) is 0 Å². The van der Waals surface area contributed by atoms with Crippen molar-refractivity contribution < 1.29 is 14.3 Å². The van der Waals surface area contributed by atoms with E-state index in [1.807, 2.05) is 42.5 Å². The zero-order valence-electron chi connectivity index (χ0n) is 12.1. The summed E-state index contributed by atoms with van der Waals surface area (Å²) in [5.74, 6) is 1.21. The topological polar surface area (TPSA) is 47.6 Å². The van der Waals surface area contributed by atoms with Gasteiger partial charge in [0.05, 0.1) is 19.8 Å². The van der Waals surface area contributed by atoms with E-state index in [1.54, 1.807) is 14.2 Å². The number of hydrogen-bond donors (Lipinski definition) is 1. The molecular weight excluding hydrogens is 393 g/mol. The number of rotatable bonds is 3. The molecule has 0 atom stereocenters. The van der Waals surface area contributed by atoms with Gasteiger partial charge in [0.15, 0.2) is 0 Å². The van der Waals surface area contributed by atoms with Gasteiger partial charge in [-0.1, -0.05) is 6.07 Å². The SMILES string of the molecule is COc1cccc(OC)c1C=C1C(=O)Nc2ccc(I)cc21. The van der Waals surface area contributed by atoms with Crippen LogP contribution in [0.5, 0.6) is 11.5 Å². The summed E-state index contributed by atoms with van der Waals surface area (Å²) >= 11 is 2.23. The molecule has 0 saturated heterocycles. The standard InChI is InChI=1S/C17H14INO3/c1-21-15-4-3-5-16(22-2)13(15)9-12-11-8-10(18)6-7-14(11)19-17(12)20/h3-9H,1-2H3,(H,19,20). The van der Waals surface area contributed by atoms with Crippen LogP contribution in [0.15, 0.2) is 36.4 Å². The van der Waals surface area contributed by atoms with Gasteiger partial charge in [0.1, 0.15) is 11.5 Å². The van der Waals surface area contributed by atoms with E-state index in [9.17, 15) is 4.79 Å². The van der Waals surface area contributed by atoms with Crippen molar-refractivity contribution in [2.75, 3.05) is 19.5 Å². The van der Waals surface area contributed by atoms with Gasteiger partial charge in [-0.3, -0.25) is 4.79 Å². The summed E-state index contributed by atoms with van der Waals surface area (Å²) in [7, 11) is 3.20. The molecule has 0 radical (unpaired) electrons. The molecule has 0 saturated carbocycles. The van der Waals surface area contributed by atoms with Crippen LogP contribution in [0, 0.1) is 3.57 Å². The number of carbonyl (C=O) groups is 1. The van der Waals surface area contributed by atoms with Gasteiger partial charge in [0, 0.05) is 20.4 Å². The zero-order valence-corrected chi connectivity index (χ0v) is 14.3. The lowest BCUT2D eigenvalue weighted by molar-refractivity contribution is -0.110. The van der Waals surface area contributed by atoms with E-state index in [2.05, 4.69) is 27.9 Å². The molecule has 1 aliphatic rings. The third-order valence-electron chi connectivity index (χ3n) is 3.52. The second kappa shape index (κ2) is 6.00. The minimum atomic E-state index is -0.120. The van der Waals surface area contributed by atoms with Crippen molar-refractivity contribution in [3.05, 3.63) is 51.1 Å². The van der Waals surface area contributed by atoms with E-state index in [4.69, 9.17) is 9.47 Å². The van der Waals surface area contributed by atoms with Crippen LogP contribution >= 0.6 is 22.6 Å². The third kappa shape index (κ3) is 2.56. The normalized spacial score (nSPS) is 14.7. The monoisotopic (exact) mass is 407 g/mol. The summed E-state index contributed by atoms with van der Waals surface area (Å²) in [6.45, 7) is 0. The Morgan fingerprint density at radius 2 is 1.77 bits per heavy atom. The lowest BCUT2D eigenvalue weighted by atomic mass is 10.0. The maximum atomic E-state index is 12.3. The van der Waals surface area contributed by atoms with Crippen molar-refractivity contribution in [2.24, 2.45) is 0 Å². The zero-order chi connectivity index (χ0) is 15.7. The molecule has 1 aliphatic heterocycles. The molecule has 3 rings (SSSR count). The summed E-state index contributed by atoms with van der Waals surface area (Å²) in [6, 6.07) is 11.4. The fourth-order valence-electron chi connectivity index (χ4n) is 2.47. The first-order valence-electron chi connectivity index (χ1n) is 6.68. The fraction of sp³-hybridized carbons (Fsp3) is 0.118. The summed E-state index contributed by atoms with van der Waals surface area (Å²) < 4.78 is 11.8. The Morgan fingerprint density at radius 3 is 2.41 bits per heavy atom. The summed E-state index contributed by atoms with van der Waals surface area (Å²) in [6.07, 6.45) is 1.81. The maximum absolute atomic E-state index is 12.3. The van der Waals surface area contributed by atoms with Gasteiger partial charge in [-0.25, -0.2) is 0 Å². The second-order valence-corrected chi connectivity index (χ2v) is 6.02. The number of carbonyl (C=O) groups excluding carboxylic acids is 1. The molecule has 2 aromatic carbocycles. The van der Waals surface area contributed by atoms with Crippen molar-refractivity contribution in [2.45, 2.75) is 0 Å². The van der Waals surface area contributed by atoms with E-state index in [0.29, 0.717) is 17.1 Å². The van der Waals surface area contributed by atoms with Crippen LogP contribution in [0.4, 0.5) is 5.69 Å². The highest BCUT2D eigenvalue weighted by Crippen LogP contribution is 2.38. The van der Waals surface area contributed by atoms with Gasteiger partial charge in [-0.05, 0) is 59.0 Å². The molecule has 0 aromatic heterocycles. The number of methoxy groups -OCH3 is 2. The number of benzene rings is 2. The van der Waals surface area contributed by atoms with E-state index < -0.39 is 0 Å². The fourth-order valence-corrected chi connectivity index (χ4v) is 2.96. The lowest BCUT2D eigenvalue weighted by Crippen LogP contribution is -2.04. The quantitative estimate of drug-likeness (QED) is 0.622. The van der Waals surface area contributed by atoms with E-state index in [-0.39, 0.29) is 5.91 Å². The second-order valence-electron chi connectivity index (χ2n) is 4.78. The van der Waals surface area contributed by atoms with Crippen LogP contribution in [0.1, 0.15) is 11.1 Å². The first-order valence-corrected chi connectivity index (χ1v) is 7.76. The number of hydrogen-bond acceptors (Lipinski definition) is 3. The molecule has 5 heteroatoms. The number of nitrogens with one attached hydrogen (secondary N) is 1. The molecule has 4 nitrogen and oxygen atoms in total. The highest BCUT2D eigenvalue weighted by Gasteiger charge is 2.25. The molecule has 1 N–H and O–H groups in total. The number of anilines is 1. The van der Waals surface area contributed by atoms with Crippen molar-refractivity contribution in [3.63, 3.8) is 0 Å². The van der Waals surface area contributed by atoms with E-state index >= 15 is 0 Å². The van der Waals surface area contributed by atoms with Gasteiger partial charge in [-0.2, -0.15) is 0 Å². The molecule has 1 amide bonds. The van der Waals surface area contributed by atoms with Crippen LogP contribution in [0.3, 0.4) is 0 Å². The van der Waals surface area contributed by atoms with Gasteiger partial charge in [0.25, 0.3) is 5.91 Å². The Labute approximate surface area is 142 Å². The molecule has 1 heterocycles. The van der Waals surface area contributed by atoms with Crippen LogP contribution < -0.4 is 14.8 Å². The van der Waals surface area contributed by atoms with E-state index in [1.165, 1.54) is 0 Å². The molecule has 0 spiro atoms. The number of fused-ring (bicyclic) bond motifs is 1. The average molecular weight is 407 g/mol. The smallest absolute Gasteiger partial charge is 0.256 e. The number of amides is 1. The third-order valence-corrected chi connectivity index (χ3v) is 4.19. The largest absolute Gasteiger partial charge is 0.496 e. The molecule has 22 heavy (non-hydrogen) atoms.